The first-order valence-electron chi connectivity index (χ1n) is 7.71. The van der Waals surface area contributed by atoms with Crippen molar-refractivity contribution in [2.45, 2.75) is 25.5 Å². The van der Waals surface area contributed by atoms with Crippen molar-refractivity contribution in [3.05, 3.63) is 52.2 Å². The number of thioether (sulfide) groups is 1. The zero-order chi connectivity index (χ0) is 18.2. The fourth-order valence-electron chi connectivity index (χ4n) is 2.27. The van der Waals surface area contributed by atoms with Crippen LogP contribution in [-0.4, -0.2) is 21.4 Å². The first-order chi connectivity index (χ1) is 11.8. The predicted octanol–water partition coefficient (Wildman–Crippen LogP) is 4.04. The molecule has 1 aliphatic rings. The van der Waals surface area contributed by atoms with Crippen LogP contribution in [-0.2, 0) is 11.2 Å². The van der Waals surface area contributed by atoms with Gasteiger partial charge in [-0.15, -0.1) is 0 Å². The van der Waals surface area contributed by atoms with Crippen LogP contribution in [0.2, 0.25) is 5.02 Å². The maximum atomic E-state index is 11.8. The highest BCUT2D eigenvalue weighted by Crippen LogP contribution is 2.30. The minimum atomic E-state index is -1.54. The number of hydrogen-bond acceptors (Lipinski definition) is 5. The van der Waals surface area contributed by atoms with Crippen molar-refractivity contribution in [2.24, 2.45) is 0 Å². The average molecular weight is 364 g/mol. The minimum absolute atomic E-state index is 0.130. The number of halogens is 1. The number of pyridine rings is 1. The lowest BCUT2D eigenvalue weighted by molar-refractivity contribution is -0.118. The molecule has 0 bridgehead atoms. The van der Waals surface area contributed by atoms with Gasteiger partial charge in [0.25, 0.3) is 5.24 Å². The van der Waals surface area contributed by atoms with Crippen molar-refractivity contribution in [2.75, 3.05) is 0 Å². The summed E-state index contributed by atoms with van der Waals surface area (Å²) in [4.78, 5) is 27.3. The zero-order valence-corrected chi connectivity index (χ0v) is 14.6. The number of amides is 2. The summed E-state index contributed by atoms with van der Waals surface area (Å²) in [7, 11) is 0. The number of aromatic nitrogens is 1. The maximum Gasteiger partial charge on any atom is 0.286 e. The lowest BCUT2D eigenvalue weighted by atomic mass is 10.0. The van der Waals surface area contributed by atoms with Crippen LogP contribution in [0, 0.1) is 13.8 Å². The van der Waals surface area contributed by atoms with Gasteiger partial charge in [0.1, 0.15) is 10.8 Å². The Labute approximate surface area is 150 Å². The van der Waals surface area contributed by atoms with Crippen LogP contribution < -0.4 is 10.1 Å². The smallest absolute Gasteiger partial charge is 0.286 e. The van der Waals surface area contributed by atoms with E-state index in [9.17, 15) is 9.59 Å². The molecule has 0 spiro atoms. The summed E-state index contributed by atoms with van der Waals surface area (Å²) in [5, 5.41) is 0.549. The second-order valence-electron chi connectivity index (χ2n) is 5.43. The fraction of sp³-hybridized carbons (Fsp3) is 0.235. The van der Waals surface area contributed by atoms with E-state index in [4.69, 9.17) is 17.7 Å². The maximum absolute atomic E-state index is 11.8. The average Bonchev–Trinajstić information content (AvgIpc) is 2.77. The number of rotatable bonds is 4. The molecule has 0 aliphatic carbocycles. The third-order valence-electron chi connectivity index (χ3n) is 3.51. The Morgan fingerprint density at radius 3 is 2.79 bits per heavy atom. The molecule has 7 heteroatoms. The summed E-state index contributed by atoms with van der Waals surface area (Å²) in [5.41, 5.74) is 2.58. The molecule has 1 unspecified atom stereocenters. The van der Waals surface area contributed by atoms with E-state index in [1.807, 2.05) is 13.8 Å². The largest absolute Gasteiger partial charge is 0.438 e. The standard InChI is InChI=1S/C17H15ClN2O3S/c1-9-5-13(18)16(19-8-9)23-12-4-3-11(10(2)6-12)7-14-15(21)20-17(22)24-14/h3-6,8,14H,7H2,1-2H3,(H,20,21,22)/i14D. The van der Waals surface area contributed by atoms with E-state index in [0.29, 0.717) is 28.4 Å². The lowest BCUT2D eigenvalue weighted by Gasteiger charge is -2.12. The number of ether oxygens (including phenoxy) is 1. The second kappa shape index (κ2) is 6.83. The third kappa shape index (κ3) is 3.71. The molecule has 1 atom stereocenters. The van der Waals surface area contributed by atoms with Gasteiger partial charge >= 0.3 is 0 Å². The van der Waals surface area contributed by atoms with Crippen molar-refractivity contribution in [1.29, 1.82) is 0 Å². The Bertz CT molecular complexity index is 877. The summed E-state index contributed by atoms with van der Waals surface area (Å²) in [5.74, 6) is 0.281. The number of benzene rings is 1. The molecule has 2 heterocycles. The van der Waals surface area contributed by atoms with Gasteiger partial charge in [0.05, 0.1) is 6.60 Å². The fourth-order valence-corrected chi connectivity index (χ4v) is 3.27. The molecule has 1 saturated heterocycles. The zero-order valence-electron chi connectivity index (χ0n) is 14.1. The van der Waals surface area contributed by atoms with E-state index in [2.05, 4.69) is 10.3 Å². The van der Waals surface area contributed by atoms with Crippen LogP contribution in [0.1, 0.15) is 18.1 Å². The minimum Gasteiger partial charge on any atom is -0.438 e. The van der Waals surface area contributed by atoms with Gasteiger partial charge in [0.15, 0.2) is 0 Å². The van der Waals surface area contributed by atoms with Crippen molar-refractivity contribution >= 4 is 34.5 Å². The van der Waals surface area contributed by atoms with E-state index in [0.717, 1.165) is 16.7 Å². The van der Waals surface area contributed by atoms with Gasteiger partial charge in [-0.25, -0.2) is 4.98 Å². The van der Waals surface area contributed by atoms with E-state index in [1.54, 1.807) is 30.5 Å². The number of imide groups is 1. The van der Waals surface area contributed by atoms with Gasteiger partial charge in [-0.05, 0) is 55.2 Å². The molecule has 1 fully saturated rings. The third-order valence-corrected chi connectivity index (χ3v) is 4.64. The van der Waals surface area contributed by atoms with E-state index in [-0.39, 0.29) is 6.42 Å². The van der Waals surface area contributed by atoms with Gasteiger partial charge < -0.3 is 4.74 Å². The SMILES string of the molecule is [2H]C1(Cc2ccc(Oc3ncc(C)cc3Cl)cc2C)SC(=O)NC1=O. The first-order valence-corrected chi connectivity index (χ1v) is 8.40. The highest BCUT2D eigenvalue weighted by molar-refractivity contribution is 8.15. The Hall–Kier alpha value is -2.05. The highest BCUT2D eigenvalue weighted by atomic mass is 35.5. The number of hydrogen-bond donors (Lipinski definition) is 1. The topological polar surface area (TPSA) is 68.3 Å². The summed E-state index contributed by atoms with van der Waals surface area (Å²) < 4.78 is 13.9. The van der Waals surface area contributed by atoms with Crippen LogP contribution in [0.5, 0.6) is 11.6 Å². The summed E-state index contributed by atoms with van der Waals surface area (Å²) in [6.07, 6.45) is 1.80. The first kappa shape index (κ1) is 15.5. The molecule has 1 aromatic heterocycles. The molecule has 2 amide bonds. The van der Waals surface area contributed by atoms with Gasteiger partial charge in [-0.2, -0.15) is 0 Å². The van der Waals surface area contributed by atoms with E-state index in [1.165, 1.54) is 0 Å². The van der Waals surface area contributed by atoms with Crippen LogP contribution in [0.4, 0.5) is 4.79 Å². The molecule has 1 aliphatic heterocycles. The quantitative estimate of drug-likeness (QED) is 0.887. The van der Waals surface area contributed by atoms with Gasteiger partial charge in [-0.3, -0.25) is 14.9 Å². The number of nitrogens with one attached hydrogen (secondary N) is 1. The van der Waals surface area contributed by atoms with Gasteiger partial charge in [0, 0.05) is 6.20 Å². The van der Waals surface area contributed by atoms with Crippen molar-refractivity contribution in [3.63, 3.8) is 0 Å². The lowest BCUT2D eigenvalue weighted by Crippen LogP contribution is -2.25. The monoisotopic (exact) mass is 363 g/mol. The Kier molecular flexibility index (Phi) is 4.40. The van der Waals surface area contributed by atoms with E-state index >= 15 is 0 Å². The molecule has 1 N–H and O–H groups in total. The summed E-state index contributed by atoms with van der Waals surface area (Å²) in [6, 6.07) is 7.06. The van der Waals surface area contributed by atoms with Crippen LogP contribution >= 0.6 is 23.4 Å². The summed E-state index contributed by atoms with van der Waals surface area (Å²) in [6.45, 7) is 3.75. The molecule has 24 heavy (non-hydrogen) atoms. The van der Waals surface area contributed by atoms with Crippen molar-refractivity contribution in [3.8, 4) is 11.6 Å². The molecule has 2 aromatic rings. The number of carbonyl (C=O) groups is 2. The molecular formula is C17H15ClN2O3S. The number of carbonyl (C=O) groups excluding carboxylic acids is 2. The predicted molar refractivity (Wildman–Crippen MR) is 93.9 cm³/mol. The highest BCUT2D eigenvalue weighted by Gasteiger charge is 2.31. The summed E-state index contributed by atoms with van der Waals surface area (Å²) >= 11 is 6.82. The molecular weight excluding hydrogens is 348 g/mol. The Morgan fingerprint density at radius 2 is 2.17 bits per heavy atom. The molecule has 124 valence electrons. The Morgan fingerprint density at radius 1 is 1.38 bits per heavy atom. The Balaban J connectivity index is 1.79. The molecule has 3 rings (SSSR count). The van der Waals surface area contributed by atoms with Crippen molar-refractivity contribution in [1.82, 2.24) is 10.3 Å². The molecule has 0 radical (unpaired) electrons. The second-order valence-corrected chi connectivity index (χ2v) is 6.91. The van der Waals surface area contributed by atoms with Gasteiger partial charge in [0.2, 0.25) is 11.8 Å². The molecule has 1 aromatic carbocycles. The number of nitrogens with zero attached hydrogens (tertiary/aromatic N) is 1. The molecule has 0 saturated carbocycles. The van der Waals surface area contributed by atoms with Crippen molar-refractivity contribution < 1.29 is 15.7 Å². The van der Waals surface area contributed by atoms with Crippen LogP contribution in [0.25, 0.3) is 0 Å². The van der Waals surface area contributed by atoms with Crippen LogP contribution in [0.3, 0.4) is 0 Å². The van der Waals surface area contributed by atoms with E-state index < -0.39 is 16.4 Å². The molecule has 5 nitrogen and oxygen atoms in total. The number of aryl methyl sites for hydroxylation is 2. The van der Waals surface area contributed by atoms with Gasteiger partial charge in [-0.1, -0.05) is 29.4 Å². The normalized spacial score (nSPS) is 20.7. The van der Waals surface area contributed by atoms with Crippen LogP contribution in [0.15, 0.2) is 30.5 Å².